The molecule has 38 heavy (non-hydrogen) atoms. The maximum Gasteiger partial charge on any atom is 0.307 e. The summed E-state index contributed by atoms with van der Waals surface area (Å²) in [5, 5.41) is 13.9. The topological polar surface area (TPSA) is 126 Å². The quantitative estimate of drug-likeness (QED) is 0.503. The smallest absolute Gasteiger partial charge is 0.307 e. The summed E-state index contributed by atoms with van der Waals surface area (Å²) in [7, 11) is 0. The predicted octanol–water partition coefficient (Wildman–Crippen LogP) is 4.43. The lowest BCUT2D eigenvalue weighted by atomic mass is 9.78. The minimum absolute atomic E-state index is 0.0234. The number of carboxylic acid groups (broad SMARTS) is 1. The Bertz CT molecular complexity index is 1230. The first kappa shape index (κ1) is 26.6. The number of ether oxygens (including phenoxy) is 1. The van der Waals surface area contributed by atoms with E-state index in [9.17, 15) is 19.5 Å². The SMILES string of the molecule is CC(C)c1nc(COc2ccc(Br)c3c2C(N2CCCC2=O)N(C(=O)C2CCCCC2C(=O)O)CC3)no1. The Morgan fingerprint density at radius 3 is 2.58 bits per heavy atom. The Kier molecular flexibility index (Phi) is 7.74. The van der Waals surface area contributed by atoms with E-state index in [1.807, 2.05) is 26.0 Å². The zero-order valence-electron chi connectivity index (χ0n) is 21.7. The molecule has 2 fully saturated rings. The second-order valence-electron chi connectivity index (χ2n) is 10.6. The number of hydrogen-bond donors (Lipinski definition) is 1. The van der Waals surface area contributed by atoms with Crippen molar-refractivity contribution in [2.75, 3.05) is 13.1 Å². The molecular formula is C27H33BrN4O6. The Balaban J connectivity index is 1.51. The number of nitrogens with zero attached hydrogens (tertiary/aromatic N) is 4. The zero-order chi connectivity index (χ0) is 27.0. The van der Waals surface area contributed by atoms with Gasteiger partial charge in [0.2, 0.25) is 23.5 Å². The van der Waals surface area contributed by atoms with E-state index in [0.717, 1.165) is 28.4 Å². The first-order valence-electron chi connectivity index (χ1n) is 13.4. The fourth-order valence-corrected chi connectivity index (χ4v) is 6.45. The van der Waals surface area contributed by atoms with Crippen molar-refractivity contribution in [1.82, 2.24) is 19.9 Å². The number of aliphatic carboxylic acids is 1. The Morgan fingerprint density at radius 1 is 1.16 bits per heavy atom. The number of hydrogen-bond acceptors (Lipinski definition) is 7. The van der Waals surface area contributed by atoms with Crippen molar-refractivity contribution in [3.63, 3.8) is 0 Å². The Morgan fingerprint density at radius 2 is 1.92 bits per heavy atom. The molecule has 1 saturated carbocycles. The lowest BCUT2D eigenvalue weighted by Gasteiger charge is -2.45. The van der Waals surface area contributed by atoms with E-state index in [-0.39, 0.29) is 24.3 Å². The van der Waals surface area contributed by atoms with Crippen LogP contribution in [0.4, 0.5) is 0 Å². The molecule has 3 aliphatic rings. The molecule has 2 amide bonds. The first-order chi connectivity index (χ1) is 18.3. The zero-order valence-corrected chi connectivity index (χ0v) is 23.3. The van der Waals surface area contributed by atoms with Crippen molar-refractivity contribution in [2.45, 2.75) is 77.5 Å². The van der Waals surface area contributed by atoms with Gasteiger partial charge >= 0.3 is 5.97 Å². The van der Waals surface area contributed by atoms with Crippen molar-refractivity contribution in [3.05, 3.63) is 39.4 Å². The fourth-order valence-electron chi connectivity index (χ4n) is 5.91. The van der Waals surface area contributed by atoms with E-state index in [2.05, 4.69) is 26.1 Å². The molecule has 1 aromatic carbocycles. The van der Waals surface area contributed by atoms with Crippen molar-refractivity contribution < 1.29 is 28.8 Å². The summed E-state index contributed by atoms with van der Waals surface area (Å²) >= 11 is 3.67. The van der Waals surface area contributed by atoms with Gasteiger partial charge < -0.3 is 24.2 Å². The van der Waals surface area contributed by atoms with Crippen molar-refractivity contribution >= 4 is 33.7 Å². The van der Waals surface area contributed by atoms with Gasteiger partial charge in [0.15, 0.2) is 6.61 Å². The molecule has 1 aliphatic carbocycles. The lowest BCUT2D eigenvalue weighted by molar-refractivity contribution is -0.157. The van der Waals surface area contributed by atoms with Crippen molar-refractivity contribution in [3.8, 4) is 5.75 Å². The van der Waals surface area contributed by atoms with Crippen LogP contribution in [0.2, 0.25) is 0 Å². The van der Waals surface area contributed by atoms with E-state index in [0.29, 0.717) is 62.7 Å². The Hall–Kier alpha value is -2.95. The number of benzene rings is 1. The van der Waals surface area contributed by atoms with Crippen LogP contribution >= 0.6 is 15.9 Å². The highest BCUT2D eigenvalue weighted by Crippen LogP contribution is 2.45. The highest BCUT2D eigenvalue weighted by atomic mass is 79.9. The van der Waals surface area contributed by atoms with Crippen LogP contribution < -0.4 is 4.74 Å². The van der Waals surface area contributed by atoms with Gasteiger partial charge in [0, 0.05) is 35.5 Å². The molecule has 2 aromatic rings. The summed E-state index contributed by atoms with van der Waals surface area (Å²) in [6.45, 7) is 4.92. The van der Waals surface area contributed by atoms with Crippen LogP contribution in [0.15, 0.2) is 21.1 Å². The molecule has 5 rings (SSSR count). The van der Waals surface area contributed by atoms with Crippen molar-refractivity contribution in [2.24, 2.45) is 11.8 Å². The second-order valence-corrected chi connectivity index (χ2v) is 11.5. The molecular weight excluding hydrogens is 556 g/mol. The van der Waals surface area contributed by atoms with E-state index in [1.165, 1.54) is 0 Å². The third kappa shape index (κ3) is 5.04. The number of rotatable bonds is 7. The summed E-state index contributed by atoms with van der Waals surface area (Å²) in [4.78, 5) is 47.0. The number of likely N-dealkylation sites (tertiary alicyclic amines) is 1. The summed E-state index contributed by atoms with van der Waals surface area (Å²) in [5.41, 5.74) is 1.73. The number of carbonyl (C=O) groups is 3. The molecule has 10 nitrogen and oxygen atoms in total. The van der Waals surface area contributed by atoms with E-state index >= 15 is 0 Å². The number of aromatic nitrogens is 2. The van der Waals surface area contributed by atoms with Crippen LogP contribution in [-0.4, -0.2) is 55.9 Å². The van der Waals surface area contributed by atoms with Crippen LogP contribution in [0.1, 0.15) is 87.3 Å². The van der Waals surface area contributed by atoms with Gasteiger partial charge in [-0.2, -0.15) is 4.98 Å². The number of amides is 2. The molecule has 2 aliphatic heterocycles. The number of fused-ring (bicyclic) bond motifs is 1. The predicted molar refractivity (Wildman–Crippen MR) is 139 cm³/mol. The Labute approximate surface area is 229 Å². The van der Waals surface area contributed by atoms with Gasteiger partial charge in [0.25, 0.3) is 0 Å². The number of carbonyl (C=O) groups excluding carboxylic acids is 2. The molecule has 1 N–H and O–H groups in total. The molecule has 0 bridgehead atoms. The molecule has 0 spiro atoms. The number of carboxylic acids is 1. The van der Waals surface area contributed by atoms with Gasteiger partial charge in [-0.3, -0.25) is 14.4 Å². The summed E-state index contributed by atoms with van der Waals surface area (Å²) in [5.74, 6) is -0.887. The van der Waals surface area contributed by atoms with Crippen LogP contribution in [0.5, 0.6) is 5.75 Å². The second kappa shape index (κ2) is 11.0. The van der Waals surface area contributed by atoms with Crippen LogP contribution in [-0.2, 0) is 27.4 Å². The normalized spacial score (nSPS) is 23.6. The van der Waals surface area contributed by atoms with Crippen LogP contribution in [0.3, 0.4) is 0 Å². The molecule has 1 aromatic heterocycles. The van der Waals surface area contributed by atoms with Gasteiger partial charge in [0.1, 0.15) is 11.9 Å². The first-order valence-corrected chi connectivity index (χ1v) is 14.1. The third-order valence-corrected chi connectivity index (χ3v) is 8.58. The highest BCUT2D eigenvalue weighted by molar-refractivity contribution is 9.10. The minimum Gasteiger partial charge on any atom is -0.485 e. The van der Waals surface area contributed by atoms with Gasteiger partial charge in [-0.15, -0.1) is 0 Å². The van der Waals surface area contributed by atoms with Gasteiger partial charge in [-0.25, -0.2) is 0 Å². The lowest BCUT2D eigenvalue weighted by Crippen LogP contribution is -2.52. The van der Waals surface area contributed by atoms with E-state index in [4.69, 9.17) is 9.26 Å². The molecule has 3 atom stereocenters. The average molecular weight is 589 g/mol. The van der Waals surface area contributed by atoms with Crippen LogP contribution in [0, 0.1) is 11.8 Å². The highest BCUT2D eigenvalue weighted by Gasteiger charge is 2.45. The average Bonchev–Trinajstić information content (AvgIpc) is 3.56. The maximum atomic E-state index is 14.0. The molecule has 204 valence electrons. The van der Waals surface area contributed by atoms with E-state index in [1.54, 1.807) is 9.80 Å². The molecule has 11 heteroatoms. The standard InChI is InChI=1S/C27H33BrN4O6/c1-15(2)24-29-21(30-38-24)14-37-20-10-9-19(28)18-11-13-32(25(23(18)20)31-12-5-8-22(31)33)26(34)16-6-3-4-7-17(16)27(35)36/h9-10,15-17,25H,3-8,11-14H2,1-2H3,(H,35,36). The van der Waals surface area contributed by atoms with E-state index < -0.39 is 24.0 Å². The third-order valence-electron chi connectivity index (χ3n) is 7.84. The monoisotopic (exact) mass is 588 g/mol. The van der Waals surface area contributed by atoms with Crippen molar-refractivity contribution in [1.29, 1.82) is 0 Å². The number of halogens is 1. The summed E-state index contributed by atoms with van der Waals surface area (Å²) in [6.07, 6.45) is 3.67. The largest absolute Gasteiger partial charge is 0.485 e. The van der Waals surface area contributed by atoms with Gasteiger partial charge in [-0.05, 0) is 43.4 Å². The fraction of sp³-hybridized carbons (Fsp3) is 0.593. The van der Waals surface area contributed by atoms with Gasteiger partial charge in [-0.1, -0.05) is 47.8 Å². The molecule has 1 saturated heterocycles. The summed E-state index contributed by atoms with van der Waals surface area (Å²) in [6, 6.07) is 3.74. The van der Waals surface area contributed by atoms with Crippen LogP contribution in [0.25, 0.3) is 0 Å². The van der Waals surface area contributed by atoms with Gasteiger partial charge in [0.05, 0.1) is 11.8 Å². The molecule has 0 radical (unpaired) electrons. The molecule has 3 unspecified atom stereocenters. The molecule has 3 heterocycles. The summed E-state index contributed by atoms with van der Waals surface area (Å²) < 4.78 is 12.4. The maximum absolute atomic E-state index is 14.0. The minimum atomic E-state index is -0.929.